The summed E-state index contributed by atoms with van der Waals surface area (Å²) >= 11 is 0. The van der Waals surface area contributed by atoms with Gasteiger partial charge in [0.25, 0.3) is 0 Å². The van der Waals surface area contributed by atoms with E-state index in [0.29, 0.717) is 0 Å². The minimum Gasteiger partial charge on any atom is -0.309 e. The van der Waals surface area contributed by atoms with Crippen molar-refractivity contribution in [1.82, 2.24) is 9.13 Å². The number of fused-ring (bicyclic) bond motifs is 11. The Hall–Kier alpha value is -6.64. The van der Waals surface area contributed by atoms with Gasteiger partial charge in [-0.15, -0.1) is 0 Å². The molecule has 0 fully saturated rings. The monoisotopic (exact) mass is 716 g/mol. The summed E-state index contributed by atoms with van der Waals surface area (Å²) < 4.78 is 5.04. The average Bonchev–Trinajstić information content (AvgIpc) is 3.83. The number of benzene rings is 8. The van der Waals surface area contributed by atoms with Gasteiger partial charge < -0.3 is 9.13 Å². The van der Waals surface area contributed by atoms with Gasteiger partial charge in [-0.3, -0.25) is 0 Å². The van der Waals surface area contributed by atoms with Crippen LogP contribution in [0, 0.1) is 0 Å². The summed E-state index contributed by atoms with van der Waals surface area (Å²) in [5, 5.41) is 5.19. The lowest BCUT2D eigenvalue weighted by Crippen LogP contribution is -2.27. The zero-order valence-electron chi connectivity index (χ0n) is 32.1. The van der Waals surface area contributed by atoms with E-state index in [4.69, 9.17) is 0 Å². The first kappa shape index (κ1) is 31.7. The van der Waals surface area contributed by atoms with Crippen molar-refractivity contribution >= 4 is 43.6 Å². The fourth-order valence-corrected chi connectivity index (χ4v) is 10.4. The van der Waals surface area contributed by atoms with Crippen molar-refractivity contribution in [2.75, 3.05) is 0 Å². The Labute approximate surface area is 326 Å². The summed E-state index contributed by atoms with van der Waals surface area (Å²) in [6, 6.07) is 63.6. The Morgan fingerprint density at radius 2 is 0.911 bits per heavy atom. The molecule has 0 atom stereocenters. The Kier molecular flexibility index (Phi) is 6.22. The van der Waals surface area contributed by atoms with Gasteiger partial charge in [-0.05, 0) is 110 Å². The summed E-state index contributed by atoms with van der Waals surface area (Å²) in [5.74, 6) is 0. The zero-order chi connectivity index (χ0) is 37.5. The van der Waals surface area contributed by atoms with Gasteiger partial charge in [0.2, 0.25) is 0 Å². The van der Waals surface area contributed by atoms with Crippen LogP contribution < -0.4 is 0 Å². The lowest BCUT2D eigenvalue weighted by molar-refractivity contribution is 0.625. The quantitative estimate of drug-likeness (QED) is 0.172. The first-order valence-corrected chi connectivity index (χ1v) is 19.9. The largest absolute Gasteiger partial charge is 0.309 e. The first-order valence-electron chi connectivity index (χ1n) is 19.9. The van der Waals surface area contributed by atoms with Gasteiger partial charge in [0.05, 0.1) is 27.8 Å². The minimum atomic E-state index is -0.196. The van der Waals surface area contributed by atoms with Crippen molar-refractivity contribution < 1.29 is 0 Å². The molecule has 0 amide bonds. The zero-order valence-corrected chi connectivity index (χ0v) is 32.1. The highest BCUT2D eigenvalue weighted by atomic mass is 15.0. The maximum absolute atomic E-state index is 2.55. The molecule has 0 N–H and O–H groups in total. The third kappa shape index (κ3) is 4.11. The van der Waals surface area contributed by atoms with Gasteiger partial charge in [0.15, 0.2) is 0 Å². The van der Waals surface area contributed by atoms with E-state index in [0.717, 1.165) is 0 Å². The highest BCUT2D eigenvalue weighted by molar-refractivity contribution is 6.13. The van der Waals surface area contributed by atoms with E-state index < -0.39 is 0 Å². The molecule has 12 rings (SSSR count). The molecule has 0 radical (unpaired) electrons. The van der Waals surface area contributed by atoms with Crippen LogP contribution >= 0.6 is 0 Å². The Bertz CT molecular complexity index is 3180. The second kappa shape index (κ2) is 11.0. The number of hydrogen-bond donors (Lipinski definition) is 0. The van der Waals surface area contributed by atoms with Gasteiger partial charge in [0.1, 0.15) is 0 Å². The standard InChI is InChI=1S/C54H40N2/c1-53(2)44-20-13-19-40-39-18-11-12-21-48(39)56(52(40)44)51-32-46-41(31-47(51)53)38-25-24-37(30-45(38)54(46,3)4)55-49-26-22-35(33-14-7-5-8-15-33)28-42(49)43-29-36(23-27-50(43)55)34-16-9-6-10-17-34/h5-32H,1-4H3. The third-order valence-electron chi connectivity index (χ3n) is 13.3. The van der Waals surface area contributed by atoms with E-state index in [2.05, 4.69) is 207 Å². The van der Waals surface area contributed by atoms with Crippen LogP contribution in [0.2, 0.25) is 0 Å². The van der Waals surface area contributed by atoms with Crippen molar-refractivity contribution in [1.29, 1.82) is 0 Å². The minimum absolute atomic E-state index is 0.152. The fraction of sp³-hybridized carbons (Fsp3) is 0.111. The molecular weight excluding hydrogens is 677 g/mol. The predicted molar refractivity (Wildman–Crippen MR) is 236 cm³/mol. The molecule has 8 aromatic carbocycles. The summed E-state index contributed by atoms with van der Waals surface area (Å²) in [7, 11) is 0. The third-order valence-corrected chi connectivity index (χ3v) is 13.3. The number of hydrogen-bond acceptors (Lipinski definition) is 0. The van der Waals surface area contributed by atoms with Crippen molar-refractivity contribution in [3.63, 3.8) is 0 Å². The molecule has 0 bridgehead atoms. The molecule has 2 nitrogen and oxygen atoms in total. The predicted octanol–water partition coefficient (Wildman–Crippen LogP) is 14.2. The molecule has 3 heterocycles. The fourth-order valence-electron chi connectivity index (χ4n) is 10.4. The van der Waals surface area contributed by atoms with Gasteiger partial charge in [-0.25, -0.2) is 0 Å². The van der Waals surface area contributed by atoms with E-state index in [1.165, 1.54) is 111 Å². The van der Waals surface area contributed by atoms with Crippen LogP contribution in [0.5, 0.6) is 0 Å². The summed E-state index contributed by atoms with van der Waals surface area (Å²) in [5.41, 5.74) is 20.4. The molecule has 266 valence electrons. The van der Waals surface area contributed by atoms with Crippen LogP contribution in [0.4, 0.5) is 0 Å². The number of aromatic nitrogens is 2. The topological polar surface area (TPSA) is 9.86 Å². The maximum atomic E-state index is 2.55. The first-order chi connectivity index (χ1) is 27.3. The summed E-state index contributed by atoms with van der Waals surface area (Å²) in [6.07, 6.45) is 0. The Morgan fingerprint density at radius 3 is 1.59 bits per heavy atom. The Balaban J connectivity index is 1.07. The van der Waals surface area contributed by atoms with E-state index in [-0.39, 0.29) is 10.8 Å². The number of nitrogens with zero attached hydrogens (tertiary/aromatic N) is 2. The maximum Gasteiger partial charge on any atom is 0.0582 e. The normalized spacial score (nSPS) is 14.7. The lowest BCUT2D eigenvalue weighted by atomic mass is 9.73. The van der Waals surface area contributed by atoms with Crippen molar-refractivity contribution in [2.24, 2.45) is 0 Å². The van der Waals surface area contributed by atoms with Crippen LogP contribution in [-0.4, -0.2) is 9.13 Å². The molecule has 2 aliphatic rings. The molecule has 1 aliphatic carbocycles. The van der Waals surface area contributed by atoms with E-state index in [9.17, 15) is 0 Å². The van der Waals surface area contributed by atoms with Gasteiger partial charge in [-0.1, -0.05) is 143 Å². The molecule has 2 heteroatoms. The second-order valence-electron chi connectivity index (χ2n) is 17.0. The molecule has 0 saturated carbocycles. The summed E-state index contributed by atoms with van der Waals surface area (Å²) in [4.78, 5) is 0. The molecule has 1 aliphatic heterocycles. The highest BCUT2D eigenvalue weighted by Crippen LogP contribution is 2.55. The highest BCUT2D eigenvalue weighted by Gasteiger charge is 2.41. The van der Waals surface area contributed by atoms with Crippen LogP contribution in [-0.2, 0) is 10.8 Å². The van der Waals surface area contributed by atoms with Crippen molar-refractivity contribution in [3.8, 4) is 44.8 Å². The van der Waals surface area contributed by atoms with Crippen LogP contribution in [0.3, 0.4) is 0 Å². The van der Waals surface area contributed by atoms with Crippen LogP contribution in [0.1, 0.15) is 49.9 Å². The smallest absolute Gasteiger partial charge is 0.0582 e. The SMILES string of the molecule is CC1(C)c2cc(-n3c4ccc(-c5ccccc5)cc4c4cc(-c5ccccc5)ccc43)ccc2-c2cc3c(cc21)-n1c2ccccc2c2cccc(c21)C3(C)C. The van der Waals surface area contributed by atoms with E-state index >= 15 is 0 Å². The molecule has 0 unspecified atom stereocenters. The van der Waals surface area contributed by atoms with Gasteiger partial charge >= 0.3 is 0 Å². The number of rotatable bonds is 3. The Morgan fingerprint density at radius 1 is 0.339 bits per heavy atom. The molecule has 56 heavy (non-hydrogen) atoms. The van der Waals surface area contributed by atoms with Crippen molar-refractivity contribution in [2.45, 2.75) is 38.5 Å². The molecule has 10 aromatic rings. The second-order valence-corrected chi connectivity index (χ2v) is 17.0. The average molecular weight is 717 g/mol. The van der Waals surface area contributed by atoms with Crippen LogP contribution in [0.25, 0.3) is 88.4 Å². The van der Waals surface area contributed by atoms with E-state index in [1.807, 2.05) is 0 Å². The van der Waals surface area contributed by atoms with Gasteiger partial charge in [-0.2, -0.15) is 0 Å². The molecule has 0 saturated heterocycles. The number of para-hydroxylation sites is 2. The van der Waals surface area contributed by atoms with Crippen molar-refractivity contribution in [3.05, 3.63) is 192 Å². The summed E-state index contributed by atoms with van der Waals surface area (Å²) in [6.45, 7) is 9.66. The lowest BCUT2D eigenvalue weighted by Gasteiger charge is -2.36. The van der Waals surface area contributed by atoms with E-state index in [1.54, 1.807) is 0 Å². The molecular formula is C54H40N2. The molecule has 2 aromatic heterocycles. The van der Waals surface area contributed by atoms with Crippen LogP contribution in [0.15, 0.2) is 170 Å². The molecule has 0 spiro atoms. The van der Waals surface area contributed by atoms with Gasteiger partial charge in [0, 0.05) is 38.1 Å².